The van der Waals surface area contributed by atoms with Crippen molar-refractivity contribution in [3.8, 4) is 5.88 Å². The Morgan fingerprint density at radius 3 is 2.66 bits per heavy atom. The van der Waals surface area contributed by atoms with Crippen LogP contribution in [-0.2, 0) is 16.1 Å². The van der Waals surface area contributed by atoms with Crippen LogP contribution in [0.2, 0.25) is 0 Å². The molecule has 0 unspecified atom stereocenters. The molecule has 6 heterocycles. The molecule has 0 aromatic carbocycles. The lowest BCUT2D eigenvalue weighted by molar-refractivity contribution is -0.137. The average molecular weight is 603 g/mol. The lowest BCUT2D eigenvalue weighted by Crippen LogP contribution is -2.47. The SMILES string of the molecule is O=C1NCC[C@H]2CN(Cc3cccnc3)CC[C@H]2CC(=O)N2CC[C@@H](CC(=O)N3CCCC3)[C@@H](CCOc3cccc1n3)C2. The molecule has 4 atom stereocenters. The summed E-state index contributed by atoms with van der Waals surface area (Å²) in [5.41, 5.74) is 1.53. The molecule has 3 saturated heterocycles. The Labute approximate surface area is 260 Å². The molecule has 2 aromatic rings. The predicted octanol–water partition coefficient (Wildman–Crippen LogP) is 3.38. The van der Waals surface area contributed by atoms with Crippen LogP contribution in [0.3, 0.4) is 0 Å². The molecule has 236 valence electrons. The molecular formula is C34H46N6O4. The molecule has 4 aliphatic rings. The van der Waals surface area contributed by atoms with Crippen molar-refractivity contribution in [2.45, 2.75) is 57.9 Å². The molecule has 44 heavy (non-hydrogen) atoms. The Bertz CT molecular complexity index is 1290. The van der Waals surface area contributed by atoms with E-state index in [0.29, 0.717) is 50.7 Å². The number of nitrogens with zero attached hydrogens (tertiary/aromatic N) is 5. The number of carbonyl (C=O) groups excluding carboxylic acids is 3. The fourth-order valence-corrected chi connectivity index (χ4v) is 7.62. The van der Waals surface area contributed by atoms with Gasteiger partial charge >= 0.3 is 0 Å². The summed E-state index contributed by atoms with van der Waals surface area (Å²) in [5, 5.41) is 3.06. The highest BCUT2D eigenvalue weighted by Gasteiger charge is 2.37. The van der Waals surface area contributed by atoms with Gasteiger partial charge in [-0.2, -0.15) is 0 Å². The van der Waals surface area contributed by atoms with E-state index >= 15 is 0 Å². The molecule has 3 fully saturated rings. The van der Waals surface area contributed by atoms with E-state index in [1.807, 2.05) is 17.2 Å². The van der Waals surface area contributed by atoms with Gasteiger partial charge in [0, 0.05) is 77.1 Å². The van der Waals surface area contributed by atoms with E-state index < -0.39 is 0 Å². The number of carbonyl (C=O) groups is 3. The first kappa shape index (κ1) is 30.5. The second kappa shape index (κ2) is 14.5. The van der Waals surface area contributed by atoms with Crippen molar-refractivity contribution in [3.63, 3.8) is 0 Å². The van der Waals surface area contributed by atoms with Gasteiger partial charge in [-0.05, 0) is 86.4 Å². The number of ether oxygens (including phenoxy) is 1. The number of piperidine rings is 2. The minimum absolute atomic E-state index is 0.179. The van der Waals surface area contributed by atoms with Gasteiger partial charge in [-0.15, -0.1) is 0 Å². The van der Waals surface area contributed by atoms with Gasteiger partial charge in [0.25, 0.3) is 5.91 Å². The van der Waals surface area contributed by atoms with E-state index in [4.69, 9.17) is 4.74 Å². The van der Waals surface area contributed by atoms with Crippen molar-refractivity contribution in [2.75, 3.05) is 52.4 Å². The molecule has 6 rings (SSSR count). The van der Waals surface area contributed by atoms with Crippen LogP contribution in [0.25, 0.3) is 0 Å². The molecule has 0 saturated carbocycles. The quantitative estimate of drug-likeness (QED) is 0.572. The third-order valence-corrected chi connectivity index (χ3v) is 10.2. The number of rotatable bonds is 4. The van der Waals surface area contributed by atoms with Gasteiger partial charge in [0.1, 0.15) is 5.69 Å². The molecule has 10 nitrogen and oxygen atoms in total. The van der Waals surface area contributed by atoms with Gasteiger partial charge in [0.15, 0.2) is 0 Å². The summed E-state index contributed by atoms with van der Waals surface area (Å²) in [6, 6.07) is 9.37. The Hall–Kier alpha value is -3.53. The first-order valence-corrected chi connectivity index (χ1v) is 16.6. The predicted molar refractivity (Wildman–Crippen MR) is 166 cm³/mol. The summed E-state index contributed by atoms with van der Waals surface area (Å²) in [6.45, 7) is 6.71. The fraction of sp³-hybridized carbons (Fsp3) is 0.618. The maximum atomic E-state index is 13.8. The summed E-state index contributed by atoms with van der Waals surface area (Å²) >= 11 is 0. The van der Waals surface area contributed by atoms with Crippen LogP contribution in [0.1, 0.15) is 67.4 Å². The van der Waals surface area contributed by atoms with Crippen LogP contribution < -0.4 is 10.1 Å². The summed E-state index contributed by atoms with van der Waals surface area (Å²) in [5.74, 6) is 1.64. The second-order valence-electron chi connectivity index (χ2n) is 13.1. The lowest BCUT2D eigenvalue weighted by Gasteiger charge is -2.42. The summed E-state index contributed by atoms with van der Waals surface area (Å²) in [4.78, 5) is 55.2. The average Bonchev–Trinajstić information content (AvgIpc) is 3.59. The third-order valence-electron chi connectivity index (χ3n) is 10.2. The normalized spacial score (nSPS) is 27.2. The highest BCUT2D eigenvalue weighted by atomic mass is 16.5. The van der Waals surface area contributed by atoms with Gasteiger partial charge in [-0.25, -0.2) is 4.98 Å². The molecule has 4 bridgehead atoms. The minimum atomic E-state index is -0.210. The van der Waals surface area contributed by atoms with E-state index in [1.165, 1.54) is 5.56 Å². The Morgan fingerprint density at radius 2 is 1.82 bits per heavy atom. The zero-order valence-corrected chi connectivity index (χ0v) is 25.7. The van der Waals surface area contributed by atoms with Gasteiger partial charge < -0.3 is 19.9 Å². The standard InChI is InChI=1S/C34H46N6O4/c41-32(39-14-1-2-15-39)19-27-10-17-40-24-29(27)11-18-44-31-7-3-6-30(37-31)34(43)36-13-8-28-23-38(16-9-26(28)20-33(40)42)22-25-5-4-12-35-21-25/h3-7,12,21,26-29H,1-2,8-11,13-20,22-24H2,(H,36,43)/t26-,27-,28-,29-/m0/s1. The number of fused-ring (bicyclic) bond motifs is 5. The van der Waals surface area contributed by atoms with Crippen LogP contribution in [0.4, 0.5) is 0 Å². The van der Waals surface area contributed by atoms with Crippen molar-refractivity contribution >= 4 is 17.7 Å². The molecule has 4 aliphatic heterocycles. The van der Waals surface area contributed by atoms with Crippen LogP contribution in [0.15, 0.2) is 42.7 Å². The summed E-state index contributed by atoms with van der Waals surface area (Å²) in [7, 11) is 0. The molecule has 1 N–H and O–H groups in total. The number of pyridine rings is 2. The van der Waals surface area contributed by atoms with E-state index in [0.717, 1.165) is 71.2 Å². The molecule has 10 heteroatoms. The smallest absolute Gasteiger partial charge is 0.270 e. The molecule has 0 radical (unpaired) electrons. The van der Waals surface area contributed by atoms with Gasteiger partial charge in [-0.1, -0.05) is 12.1 Å². The number of hydrogen-bond donors (Lipinski definition) is 1. The Morgan fingerprint density at radius 1 is 0.932 bits per heavy atom. The fourth-order valence-electron chi connectivity index (χ4n) is 7.62. The highest BCUT2D eigenvalue weighted by molar-refractivity contribution is 5.92. The zero-order valence-electron chi connectivity index (χ0n) is 25.7. The maximum Gasteiger partial charge on any atom is 0.270 e. The van der Waals surface area contributed by atoms with Gasteiger partial charge in [-0.3, -0.25) is 24.3 Å². The van der Waals surface area contributed by atoms with Gasteiger partial charge in [0.2, 0.25) is 17.7 Å². The van der Waals surface area contributed by atoms with Crippen molar-refractivity contribution in [2.24, 2.45) is 23.7 Å². The first-order chi connectivity index (χ1) is 21.5. The van der Waals surface area contributed by atoms with E-state index in [9.17, 15) is 14.4 Å². The molecule has 3 amide bonds. The number of hydrogen-bond acceptors (Lipinski definition) is 7. The van der Waals surface area contributed by atoms with E-state index in [1.54, 1.807) is 24.4 Å². The first-order valence-electron chi connectivity index (χ1n) is 16.6. The Balaban J connectivity index is 1.18. The van der Waals surface area contributed by atoms with Gasteiger partial charge in [0.05, 0.1) is 6.61 Å². The molecule has 0 aliphatic carbocycles. The second-order valence-corrected chi connectivity index (χ2v) is 13.1. The maximum absolute atomic E-state index is 13.8. The topological polar surface area (TPSA) is 108 Å². The zero-order chi connectivity index (χ0) is 30.3. The molecule has 0 spiro atoms. The molecular weight excluding hydrogens is 556 g/mol. The van der Waals surface area contributed by atoms with Crippen molar-refractivity contribution in [1.29, 1.82) is 0 Å². The highest BCUT2D eigenvalue weighted by Crippen LogP contribution is 2.34. The minimum Gasteiger partial charge on any atom is -0.478 e. The summed E-state index contributed by atoms with van der Waals surface area (Å²) in [6.07, 6.45) is 10.3. The number of likely N-dealkylation sites (tertiary alicyclic amines) is 2. The number of nitrogens with one attached hydrogen (secondary N) is 1. The lowest BCUT2D eigenvalue weighted by atomic mass is 9.79. The Kier molecular flexibility index (Phi) is 10.0. The van der Waals surface area contributed by atoms with E-state index in [2.05, 4.69) is 31.2 Å². The van der Waals surface area contributed by atoms with Crippen molar-refractivity contribution in [3.05, 3.63) is 54.0 Å². The third kappa shape index (κ3) is 7.75. The monoisotopic (exact) mass is 602 g/mol. The van der Waals surface area contributed by atoms with E-state index in [-0.39, 0.29) is 41.4 Å². The molecule has 2 aromatic heterocycles. The number of aromatic nitrogens is 2. The van der Waals surface area contributed by atoms with Crippen LogP contribution in [0, 0.1) is 23.7 Å². The number of amides is 3. The van der Waals surface area contributed by atoms with Crippen LogP contribution in [-0.4, -0.2) is 94.8 Å². The summed E-state index contributed by atoms with van der Waals surface area (Å²) < 4.78 is 6.03. The largest absolute Gasteiger partial charge is 0.478 e. The van der Waals surface area contributed by atoms with Crippen LogP contribution in [0.5, 0.6) is 5.88 Å². The van der Waals surface area contributed by atoms with Crippen LogP contribution >= 0.6 is 0 Å². The van der Waals surface area contributed by atoms with Crippen molar-refractivity contribution in [1.82, 2.24) is 30.0 Å². The van der Waals surface area contributed by atoms with Crippen molar-refractivity contribution < 1.29 is 19.1 Å².